The van der Waals surface area contributed by atoms with Gasteiger partial charge in [0.25, 0.3) is 11.4 Å². The van der Waals surface area contributed by atoms with Gasteiger partial charge in [-0.1, -0.05) is 71.1 Å². The first-order chi connectivity index (χ1) is 18.7. The van der Waals surface area contributed by atoms with Crippen molar-refractivity contribution in [2.24, 2.45) is 5.16 Å². The number of ketones is 1. The molecule has 0 amide bonds. The van der Waals surface area contributed by atoms with Gasteiger partial charge in [0.1, 0.15) is 0 Å². The quantitative estimate of drug-likeness (QED) is 0.0754. The van der Waals surface area contributed by atoms with E-state index in [9.17, 15) is 25.0 Å². The molecule has 0 fully saturated rings. The normalized spacial score (nSPS) is 10.8. The summed E-state index contributed by atoms with van der Waals surface area (Å²) >= 11 is 2.64. The fraction of sp³-hybridized carbons (Fsp3) is 0.0714. The SMILES string of the molecule is CC(=NO)c1ccc(Sc2ccccc2)c([N+](=O)[O-])c1.CC(=O)c1ccc(Sc2ccccc2)c([N+](=O)[O-])c1. The van der Waals surface area contributed by atoms with E-state index in [1.165, 1.54) is 42.6 Å². The molecule has 0 aliphatic rings. The minimum absolute atomic E-state index is 0.000599. The van der Waals surface area contributed by atoms with Gasteiger partial charge in [-0.15, -0.1) is 0 Å². The summed E-state index contributed by atoms with van der Waals surface area (Å²) in [4.78, 5) is 35.5. The maximum atomic E-state index is 11.3. The molecule has 4 rings (SSSR count). The molecule has 0 aromatic heterocycles. The Morgan fingerprint density at radius 1 is 0.692 bits per heavy atom. The molecule has 0 atom stereocenters. The third-order valence-corrected chi connectivity index (χ3v) is 7.37. The maximum Gasteiger partial charge on any atom is 0.283 e. The van der Waals surface area contributed by atoms with Crippen LogP contribution in [0.2, 0.25) is 0 Å². The van der Waals surface area contributed by atoms with E-state index in [4.69, 9.17) is 5.21 Å². The molecule has 11 heteroatoms. The van der Waals surface area contributed by atoms with E-state index in [-0.39, 0.29) is 17.2 Å². The largest absolute Gasteiger partial charge is 0.411 e. The molecule has 39 heavy (non-hydrogen) atoms. The third-order valence-electron chi connectivity index (χ3n) is 5.23. The number of hydrogen-bond acceptors (Lipinski definition) is 9. The summed E-state index contributed by atoms with van der Waals surface area (Å²) in [7, 11) is 0. The van der Waals surface area contributed by atoms with Crippen molar-refractivity contribution in [3.05, 3.63) is 128 Å². The van der Waals surface area contributed by atoms with Crippen molar-refractivity contribution < 1.29 is 19.8 Å². The molecule has 4 aromatic rings. The first kappa shape index (κ1) is 29.1. The summed E-state index contributed by atoms with van der Waals surface area (Å²) in [6.45, 7) is 2.98. The maximum absolute atomic E-state index is 11.3. The summed E-state index contributed by atoms with van der Waals surface area (Å²) in [5, 5.41) is 34.0. The Bertz CT molecular complexity index is 1510. The number of Topliss-reactive ketones (excluding diaryl/α,β-unsaturated/α-hetero) is 1. The highest BCUT2D eigenvalue weighted by atomic mass is 32.2. The number of rotatable bonds is 8. The number of nitro benzene ring substituents is 2. The van der Waals surface area contributed by atoms with Crippen molar-refractivity contribution in [3.63, 3.8) is 0 Å². The minimum atomic E-state index is -0.461. The molecule has 1 N–H and O–H groups in total. The molecule has 0 bridgehead atoms. The zero-order valence-corrected chi connectivity index (χ0v) is 22.5. The standard InChI is InChI=1S/C14H12N2O3S.C14H11NO3S/c1-10(15-17)11-7-8-14(13(9-11)16(18)19)20-12-5-3-2-4-6-12;1-10(16)11-7-8-14(13(9-11)15(17)18)19-12-5-3-2-4-6-12/h2-9,17H,1H3;2-9H,1H3. The summed E-state index contributed by atoms with van der Waals surface area (Å²) in [6, 6.07) is 28.2. The van der Waals surface area contributed by atoms with Gasteiger partial charge < -0.3 is 5.21 Å². The second-order valence-corrected chi connectivity index (χ2v) is 10.2. The Morgan fingerprint density at radius 2 is 1.10 bits per heavy atom. The van der Waals surface area contributed by atoms with Crippen molar-refractivity contribution in [1.29, 1.82) is 0 Å². The van der Waals surface area contributed by atoms with E-state index in [0.29, 0.717) is 26.6 Å². The topological polar surface area (TPSA) is 136 Å². The lowest BCUT2D eigenvalue weighted by Gasteiger charge is -2.05. The molecule has 0 radical (unpaired) electrons. The lowest BCUT2D eigenvalue weighted by molar-refractivity contribution is -0.387. The fourth-order valence-electron chi connectivity index (χ4n) is 3.23. The van der Waals surface area contributed by atoms with Crippen LogP contribution in [0.25, 0.3) is 0 Å². The van der Waals surface area contributed by atoms with Crippen molar-refractivity contribution in [3.8, 4) is 0 Å². The molecule has 0 aliphatic heterocycles. The Balaban J connectivity index is 0.000000216. The number of nitrogens with zero attached hydrogens (tertiary/aromatic N) is 3. The van der Waals surface area contributed by atoms with Crippen molar-refractivity contribution in [1.82, 2.24) is 0 Å². The molecule has 0 unspecified atom stereocenters. The zero-order chi connectivity index (χ0) is 28.4. The molecule has 0 saturated carbocycles. The van der Waals surface area contributed by atoms with Crippen LogP contribution in [0, 0.1) is 20.2 Å². The fourth-order valence-corrected chi connectivity index (χ4v) is 5.07. The summed E-state index contributed by atoms with van der Waals surface area (Å²) in [6.07, 6.45) is 0. The minimum Gasteiger partial charge on any atom is -0.411 e. The van der Waals surface area contributed by atoms with E-state index in [1.54, 1.807) is 31.2 Å². The number of hydrogen-bond donors (Lipinski definition) is 1. The van der Waals surface area contributed by atoms with Crippen LogP contribution in [0.1, 0.15) is 29.8 Å². The van der Waals surface area contributed by atoms with E-state index in [2.05, 4.69) is 5.16 Å². The Morgan fingerprint density at radius 3 is 1.49 bits per heavy atom. The summed E-state index contributed by atoms with van der Waals surface area (Å²) < 4.78 is 0. The average molecular weight is 562 g/mol. The van der Waals surface area contributed by atoms with Gasteiger partial charge in [0.15, 0.2) is 5.78 Å². The van der Waals surface area contributed by atoms with Crippen molar-refractivity contribution in [2.45, 2.75) is 33.4 Å². The molecule has 0 saturated heterocycles. The van der Waals surface area contributed by atoms with Crippen LogP contribution < -0.4 is 0 Å². The van der Waals surface area contributed by atoms with Gasteiger partial charge in [0.05, 0.1) is 25.3 Å². The molecule has 0 aliphatic carbocycles. The van der Waals surface area contributed by atoms with Crippen LogP contribution >= 0.6 is 23.5 Å². The van der Waals surface area contributed by atoms with E-state index < -0.39 is 9.85 Å². The van der Waals surface area contributed by atoms with E-state index in [1.807, 2.05) is 60.7 Å². The first-order valence-electron chi connectivity index (χ1n) is 11.4. The van der Waals surface area contributed by atoms with Gasteiger partial charge in [-0.05, 0) is 56.3 Å². The van der Waals surface area contributed by atoms with Crippen LogP contribution in [0.4, 0.5) is 11.4 Å². The van der Waals surface area contributed by atoms with Gasteiger partial charge in [-0.2, -0.15) is 0 Å². The number of benzene rings is 4. The highest BCUT2D eigenvalue weighted by Gasteiger charge is 2.18. The predicted octanol–water partition coefficient (Wildman–Crippen LogP) is 7.89. The summed E-state index contributed by atoms with van der Waals surface area (Å²) in [5.41, 5.74) is 1.17. The van der Waals surface area contributed by atoms with E-state index in [0.717, 1.165) is 9.79 Å². The van der Waals surface area contributed by atoms with Crippen molar-refractivity contribution in [2.75, 3.05) is 0 Å². The smallest absolute Gasteiger partial charge is 0.283 e. The van der Waals surface area contributed by atoms with Crippen LogP contribution in [0.15, 0.2) is 122 Å². The van der Waals surface area contributed by atoms with Crippen LogP contribution in [0.5, 0.6) is 0 Å². The predicted molar refractivity (Wildman–Crippen MR) is 151 cm³/mol. The average Bonchev–Trinajstić information content (AvgIpc) is 2.94. The monoisotopic (exact) mass is 561 g/mol. The molecule has 9 nitrogen and oxygen atoms in total. The molecule has 4 aromatic carbocycles. The molecule has 198 valence electrons. The van der Waals surface area contributed by atoms with Gasteiger partial charge in [-0.25, -0.2) is 0 Å². The van der Waals surface area contributed by atoms with E-state index >= 15 is 0 Å². The van der Waals surface area contributed by atoms with Crippen LogP contribution in [0.3, 0.4) is 0 Å². The number of oxime groups is 1. The van der Waals surface area contributed by atoms with Crippen LogP contribution in [-0.4, -0.2) is 26.5 Å². The second kappa shape index (κ2) is 13.9. The Labute approximate surface area is 232 Å². The van der Waals surface area contributed by atoms with Gasteiger partial charge in [0.2, 0.25) is 0 Å². The molecular formula is C28H23N3O6S2. The lowest BCUT2D eigenvalue weighted by atomic mass is 10.1. The zero-order valence-electron chi connectivity index (χ0n) is 20.9. The summed E-state index contributed by atoms with van der Waals surface area (Å²) in [5.74, 6) is -0.181. The van der Waals surface area contributed by atoms with Gasteiger partial charge in [-0.3, -0.25) is 25.0 Å². The molecular weight excluding hydrogens is 538 g/mol. The molecule has 0 spiro atoms. The van der Waals surface area contributed by atoms with Crippen molar-refractivity contribution >= 4 is 46.4 Å². The first-order valence-corrected chi connectivity index (χ1v) is 13.1. The van der Waals surface area contributed by atoms with Crippen LogP contribution in [-0.2, 0) is 0 Å². The number of carbonyl (C=O) groups is 1. The Kier molecular flexibility index (Phi) is 10.4. The second-order valence-electron chi connectivity index (χ2n) is 7.95. The number of nitro groups is 2. The third kappa shape index (κ3) is 8.25. The molecule has 0 heterocycles. The lowest BCUT2D eigenvalue weighted by Crippen LogP contribution is -1.98. The van der Waals surface area contributed by atoms with Gasteiger partial charge in [0, 0.05) is 33.1 Å². The Hall–Kier alpha value is -4.48. The highest BCUT2D eigenvalue weighted by Crippen LogP contribution is 2.36. The number of carbonyl (C=O) groups excluding carboxylic acids is 1. The van der Waals surface area contributed by atoms with Gasteiger partial charge >= 0.3 is 0 Å². The highest BCUT2D eigenvalue weighted by molar-refractivity contribution is 7.99.